The first kappa shape index (κ1) is 14.5. The van der Waals surface area contributed by atoms with Crippen molar-refractivity contribution in [3.8, 4) is 0 Å². The molecular formula is C14H23N3O. The van der Waals surface area contributed by atoms with E-state index in [9.17, 15) is 4.79 Å². The van der Waals surface area contributed by atoms with Gasteiger partial charge in [-0.3, -0.25) is 9.78 Å². The Morgan fingerprint density at radius 2 is 2.11 bits per heavy atom. The second kappa shape index (κ2) is 5.38. The second-order valence-corrected chi connectivity index (χ2v) is 5.88. The average Bonchev–Trinajstić information content (AvgIpc) is 2.27. The highest BCUT2D eigenvalue weighted by molar-refractivity contribution is 5.95. The third-order valence-electron chi connectivity index (χ3n) is 3.40. The smallest absolute Gasteiger partial charge is 0.253 e. The molecule has 1 aromatic heterocycles. The first-order valence-electron chi connectivity index (χ1n) is 6.22. The number of aryl methyl sites for hydroxylation is 1. The number of nitrogens with one attached hydrogen (secondary N) is 1. The highest BCUT2D eigenvalue weighted by atomic mass is 16.1. The van der Waals surface area contributed by atoms with Crippen LogP contribution in [0, 0.1) is 18.3 Å². The summed E-state index contributed by atoms with van der Waals surface area (Å²) in [4.78, 5) is 16.1. The molecule has 1 aromatic rings. The van der Waals surface area contributed by atoms with Crippen molar-refractivity contribution < 1.29 is 4.79 Å². The molecule has 1 amide bonds. The fourth-order valence-electron chi connectivity index (χ4n) is 1.43. The molecule has 1 rings (SSSR count). The minimum absolute atomic E-state index is 0.108. The molecule has 4 nitrogen and oxygen atoms in total. The highest BCUT2D eigenvalue weighted by Gasteiger charge is 2.21. The molecule has 0 fully saturated rings. The van der Waals surface area contributed by atoms with Crippen LogP contribution in [0.4, 0.5) is 5.69 Å². The Morgan fingerprint density at radius 3 is 2.67 bits per heavy atom. The van der Waals surface area contributed by atoms with Crippen molar-refractivity contribution in [2.75, 3.05) is 12.3 Å². The van der Waals surface area contributed by atoms with Gasteiger partial charge < -0.3 is 11.1 Å². The van der Waals surface area contributed by atoms with Gasteiger partial charge in [0.15, 0.2) is 0 Å². The summed E-state index contributed by atoms with van der Waals surface area (Å²) >= 11 is 0. The maximum Gasteiger partial charge on any atom is 0.253 e. The van der Waals surface area contributed by atoms with Gasteiger partial charge in [-0.25, -0.2) is 0 Å². The number of amides is 1. The number of nitrogen functional groups attached to an aromatic ring is 1. The van der Waals surface area contributed by atoms with E-state index in [1.165, 1.54) is 0 Å². The summed E-state index contributed by atoms with van der Waals surface area (Å²) in [5.74, 6) is 0.291. The van der Waals surface area contributed by atoms with E-state index < -0.39 is 0 Å². The second-order valence-electron chi connectivity index (χ2n) is 5.88. The van der Waals surface area contributed by atoms with Crippen LogP contribution in [-0.4, -0.2) is 17.4 Å². The van der Waals surface area contributed by atoms with Gasteiger partial charge in [-0.15, -0.1) is 0 Å². The lowest BCUT2D eigenvalue weighted by Crippen LogP contribution is -2.34. The van der Waals surface area contributed by atoms with E-state index in [1.54, 1.807) is 12.3 Å². The van der Waals surface area contributed by atoms with Crippen LogP contribution in [0.25, 0.3) is 0 Å². The third-order valence-corrected chi connectivity index (χ3v) is 3.40. The number of pyridine rings is 1. The molecular weight excluding hydrogens is 226 g/mol. The Balaban J connectivity index is 2.69. The van der Waals surface area contributed by atoms with Gasteiger partial charge in [-0.2, -0.15) is 0 Å². The number of hydrogen-bond acceptors (Lipinski definition) is 3. The van der Waals surface area contributed by atoms with Crippen LogP contribution in [0.1, 0.15) is 43.7 Å². The van der Waals surface area contributed by atoms with Crippen molar-refractivity contribution in [3.63, 3.8) is 0 Å². The summed E-state index contributed by atoms with van der Waals surface area (Å²) in [6.45, 7) is 11.1. The van der Waals surface area contributed by atoms with E-state index in [1.807, 2.05) is 6.92 Å². The van der Waals surface area contributed by atoms with Crippen molar-refractivity contribution >= 4 is 11.6 Å². The van der Waals surface area contributed by atoms with Crippen molar-refractivity contribution in [3.05, 3.63) is 23.5 Å². The van der Waals surface area contributed by atoms with E-state index in [0.717, 1.165) is 0 Å². The number of aromatic nitrogens is 1. The Labute approximate surface area is 109 Å². The van der Waals surface area contributed by atoms with Gasteiger partial charge in [0.2, 0.25) is 0 Å². The lowest BCUT2D eigenvalue weighted by molar-refractivity contribution is 0.0936. The summed E-state index contributed by atoms with van der Waals surface area (Å²) in [6, 6.07) is 1.67. The van der Waals surface area contributed by atoms with Gasteiger partial charge in [0.25, 0.3) is 5.91 Å². The Kier molecular flexibility index (Phi) is 4.33. The molecule has 1 heterocycles. The first-order valence-corrected chi connectivity index (χ1v) is 6.22. The molecule has 0 radical (unpaired) electrons. The quantitative estimate of drug-likeness (QED) is 0.864. The summed E-state index contributed by atoms with van der Waals surface area (Å²) in [5, 5.41) is 2.94. The molecule has 0 aliphatic rings. The zero-order valence-electron chi connectivity index (χ0n) is 11.9. The van der Waals surface area contributed by atoms with E-state index in [-0.39, 0.29) is 11.3 Å². The summed E-state index contributed by atoms with van der Waals surface area (Å²) in [7, 11) is 0. The standard InChI is InChI=1S/C14H23N3O/c1-9(14(3,4)5)7-17-13(18)12-6-11(15)8-16-10(12)2/h6,8-9H,7,15H2,1-5H3,(H,17,18). The molecule has 0 spiro atoms. The van der Waals surface area contributed by atoms with Gasteiger partial charge in [-0.1, -0.05) is 27.7 Å². The molecule has 100 valence electrons. The number of hydrogen-bond donors (Lipinski definition) is 2. The normalized spacial score (nSPS) is 13.2. The number of anilines is 1. The van der Waals surface area contributed by atoms with Gasteiger partial charge in [0.05, 0.1) is 23.1 Å². The first-order chi connectivity index (χ1) is 8.21. The maximum atomic E-state index is 12.0. The topological polar surface area (TPSA) is 68.0 Å². The average molecular weight is 249 g/mol. The molecule has 18 heavy (non-hydrogen) atoms. The van der Waals surface area contributed by atoms with Gasteiger partial charge in [0.1, 0.15) is 0 Å². The van der Waals surface area contributed by atoms with E-state index in [0.29, 0.717) is 29.4 Å². The van der Waals surface area contributed by atoms with Crippen molar-refractivity contribution in [2.24, 2.45) is 11.3 Å². The number of nitrogens with zero attached hydrogens (tertiary/aromatic N) is 1. The minimum Gasteiger partial charge on any atom is -0.397 e. The Bertz CT molecular complexity index is 435. The molecule has 0 aliphatic carbocycles. The van der Waals surface area contributed by atoms with Crippen LogP contribution in [0.2, 0.25) is 0 Å². The van der Waals surface area contributed by atoms with Crippen LogP contribution in [0.3, 0.4) is 0 Å². The minimum atomic E-state index is -0.108. The SMILES string of the molecule is Cc1ncc(N)cc1C(=O)NCC(C)C(C)(C)C. The van der Waals surface area contributed by atoms with Gasteiger partial charge in [-0.05, 0) is 24.3 Å². The predicted molar refractivity (Wildman–Crippen MR) is 74.3 cm³/mol. The van der Waals surface area contributed by atoms with Crippen LogP contribution in [0.5, 0.6) is 0 Å². The fraction of sp³-hybridized carbons (Fsp3) is 0.571. The van der Waals surface area contributed by atoms with Crippen molar-refractivity contribution in [1.29, 1.82) is 0 Å². The third kappa shape index (κ3) is 3.72. The predicted octanol–water partition coefficient (Wildman–Crippen LogP) is 2.38. The monoisotopic (exact) mass is 249 g/mol. The fourth-order valence-corrected chi connectivity index (χ4v) is 1.43. The number of carbonyl (C=O) groups excluding carboxylic acids is 1. The summed E-state index contributed by atoms with van der Waals surface area (Å²) < 4.78 is 0. The molecule has 0 aliphatic heterocycles. The summed E-state index contributed by atoms with van der Waals surface area (Å²) in [5.41, 5.74) is 7.58. The van der Waals surface area contributed by atoms with Crippen LogP contribution in [-0.2, 0) is 0 Å². The van der Waals surface area contributed by atoms with Crippen LogP contribution >= 0.6 is 0 Å². The summed E-state index contributed by atoms with van der Waals surface area (Å²) in [6.07, 6.45) is 1.56. The molecule has 1 atom stereocenters. The molecule has 0 saturated carbocycles. The number of rotatable bonds is 3. The largest absolute Gasteiger partial charge is 0.397 e. The van der Waals surface area contributed by atoms with E-state index in [2.05, 4.69) is 38.0 Å². The number of nitrogens with two attached hydrogens (primary N) is 1. The lowest BCUT2D eigenvalue weighted by atomic mass is 9.82. The maximum absolute atomic E-state index is 12.0. The lowest BCUT2D eigenvalue weighted by Gasteiger charge is -2.27. The Morgan fingerprint density at radius 1 is 1.50 bits per heavy atom. The zero-order valence-corrected chi connectivity index (χ0v) is 11.9. The van der Waals surface area contributed by atoms with Crippen LogP contribution < -0.4 is 11.1 Å². The van der Waals surface area contributed by atoms with Gasteiger partial charge >= 0.3 is 0 Å². The van der Waals surface area contributed by atoms with E-state index in [4.69, 9.17) is 5.73 Å². The van der Waals surface area contributed by atoms with Gasteiger partial charge in [0, 0.05) is 6.54 Å². The number of carbonyl (C=O) groups is 1. The molecule has 1 unspecified atom stereocenters. The molecule has 3 N–H and O–H groups in total. The van der Waals surface area contributed by atoms with E-state index >= 15 is 0 Å². The molecule has 4 heteroatoms. The molecule has 0 aromatic carbocycles. The molecule has 0 saturated heterocycles. The van der Waals surface area contributed by atoms with Crippen LogP contribution in [0.15, 0.2) is 12.3 Å². The molecule has 0 bridgehead atoms. The Hall–Kier alpha value is -1.58. The highest BCUT2D eigenvalue weighted by Crippen LogP contribution is 2.24. The van der Waals surface area contributed by atoms with Crippen molar-refractivity contribution in [2.45, 2.75) is 34.6 Å². The van der Waals surface area contributed by atoms with Crippen molar-refractivity contribution in [1.82, 2.24) is 10.3 Å². The zero-order chi connectivity index (χ0) is 13.9.